The molecule has 0 N–H and O–H groups in total. The standard InChI is InChI=1S/C36H52O2/c1-24(2)12-11-13-25(3)28-17-18-29-27-16-19-31-34(4,5)32(38-33(37)26-14-9-8-10-15-26)21-23-36(31,7)30(27)20-22-35(28,29)6/h8-11,13-16,24-25,28-32H,12,17-23H2,1-7H3/b13-11+/t25-,28-,29+,30+,31+,32+,35-,36-/m1/s1. The largest absolute Gasteiger partial charge is 0.458 e. The van der Waals surface area contributed by atoms with Crippen molar-refractivity contribution in [2.45, 2.75) is 106 Å². The molecule has 0 aromatic heterocycles. The van der Waals surface area contributed by atoms with Gasteiger partial charge in [-0.3, -0.25) is 0 Å². The van der Waals surface area contributed by atoms with E-state index < -0.39 is 0 Å². The predicted molar refractivity (Wildman–Crippen MR) is 158 cm³/mol. The van der Waals surface area contributed by atoms with E-state index in [0.717, 1.165) is 37.0 Å². The van der Waals surface area contributed by atoms with Crippen LogP contribution in [0.1, 0.15) is 110 Å². The van der Waals surface area contributed by atoms with Crippen molar-refractivity contribution in [3.8, 4) is 0 Å². The second-order valence-corrected chi connectivity index (χ2v) is 14.9. The monoisotopic (exact) mass is 516 g/mol. The first-order chi connectivity index (χ1) is 18.0. The fraction of sp³-hybridized carbons (Fsp3) is 0.694. The molecule has 1 aromatic carbocycles. The number of allylic oxidation sites excluding steroid dienone is 4. The highest BCUT2D eigenvalue weighted by Crippen LogP contribution is 2.69. The average Bonchev–Trinajstić information content (AvgIpc) is 3.23. The lowest BCUT2D eigenvalue weighted by molar-refractivity contribution is -0.129. The van der Waals surface area contributed by atoms with E-state index in [2.05, 4.69) is 66.7 Å². The van der Waals surface area contributed by atoms with Crippen molar-refractivity contribution in [3.63, 3.8) is 0 Å². The Morgan fingerprint density at radius 3 is 2.34 bits per heavy atom. The third kappa shape index (κ3) is 4.62. The summed E-state index contributed by atoms with van der Waals surface area (Å²) in [6.45, 7) is 17.1. The minimum atomic E-state index is -0.165. The van der Waals surface area contributed by atoms with E-state index in [9.17, 15) is 4.79 Å². The maximum Gasteiger partial charge on any atom is 0.338 e. The van der Waals surface area contributed by atoms with Crippen molar-refractivity contribution < 1.29 is 9.53 Å². The summed E-state index contributed by atoms with van der Waals surface area (Å²) in [5, 5.41) is 0. The molecule has 0 unspecified atom stereocenters. The van der Waals surface area contributed by atoms with Gasteiger partial charge in [0.05, 0.1) is 5.56 Å². The number of hydrogen-bond acceptors (Lipinski definition) is 2. The number of esters is 1. The van der Waals surface area contributed by atoms with E-state index in [1.54, 1.807) is 0 Å². The first-order valence-corrected chi connectivity index (χ1v) is 15.6. The second kappa shape index (κ2) is 10.3. The van der Waals surface area contributed by atoms with Crippen LogP contribution in [0.2, 0.25) is 0 Å². The molecule has 0 bridgehead atoms. The van der Waals surface area contributed by atoms with E-state index in [1.165, 1.54) is 32.1 Å². The van der Waals surface area contributed by atoms with Crippen LogP contribution in [0.15, 0.2) is 54.1 Å². The van der Waals surface area contributed by atoms with E-state index in [1.807, 2.05) is 35.9 Å². The van der Waals surface area contributed by atoms with Crippen molar-refractivity contribution in [1.29, 1.82) is 0 Å². The number of hydrogen-bond donors (Lipinski definition) is 0. The van der Waals surface area contributed by atoms with Crippen molar-refractivity contribution in [1.82, 2.24) is 0 Å². The van der Waals surface area contributed by atoms with E-state index in [-0.39, 0.29) is 17.5 Å². The van der Waals surface area contributed by atoms with Gasteiger partial charge in [-0.2, -0.15) is 0 Å². The van der Waals surface area contributed by atoms with Gasteiger partial charge in [-0.15, -0.1) is 0 Å². The summed E-state index contributed by atoms with van der Waals surface area (Å²) < 4.78 is 6.23. The summed E-state index contributed by atoms with van der Waals surface area (Å²) in [6, 6.07) is 9.52. The summed E-state index contributed by atoms with van der Waals surface area (Å²) in [6.07, 6.45) is 17.6. The molecule has 2 nitrogen and oxygen atoms in total. The van der Waals surface area contributed by atoms with Crippen LogP contribution in [-0.2, 0) is 4.74 Å². The molecule has 38 heavy (non-hydrogen) atoms. The van der Waals surface area contributed by atoms with Gasteiger partial charge >= 0.3 is 5.97 Å². The molecule has 8 atom stereocenters. The first kappa shape index (κ1) is 27.7. The Balaban J connectivity index is 1.34. The third-order valence-electron chi connectivity index (χ3n) is 12.0. The topological polar surface area (TPSA) is 26.3 Å². The zero-order chi connectivity index (χ0) is 27.3. The van der Waals surface area contributed by atoms with Crippen LogP contribution >= 0.6 is 0 Å². The highest BCUT2D eigenvalue weighted by atomic mass is 16.5. The number of fused-ring (bicyclic) bond motifs is 5. The van der Waals surface area contributed by atoms with E-state index in [0.29, 0.717) is 34.1 Å². The molecule has 4 aliphatic carbocycles. The lowest BCUT2D eigenvalue weighted by Gasteiger charge is -2.62. The Bertz CT molecular complexity index is 1060. The average molecular weight is 517 g/mol. The molecule has 0 saturated heterocycles. The lowest BCUT2D eigenvalue weighted by atomic mass is 9.43. The zero-order valence-electron chi connectivity index (χ0n) is 25.1. The Morgan fingerprint density at radius 1 is 0.947 bits per heavy atom. The number of rotatable bonds is 6. The molecule has 5 rings (SSSR count). The zero-order valence-corrected chi connectivity index (χ0v) is 25.1. The molecule has 3 saturated carbocycles. The van der Waals surface area contributed by atoms with Crippen LogP contribution < -0.4 is 0 Å². The van der Waals surface area contributed by atoms with Gasteiger partial charge in [0.1, 0.15) is 6.10 Å². The molecular formula is C36H52O2. The Hall–Kier alpha value is -1.83. The van der Waals surface area contributed by atoms with Crippen LogP contribution in [0.5, 0.6) is 0 Å². The van der Waals surface area contributed by atoms with Gasteiger partial charge in [-0.1, -0.05) is 90.5 Å². The van der Waals surface area contributed by atoms with E-state index in [4.69, 9.17) is 4.74 Å². The Kier molecular flexibility index (Phi) is 7.51. The van der Waals surface area contributed by atoms with Gasteiger partial charge in [0, 0.05) is 5.41 Å². The highest BCUT2D eigenvalue weighted by molar-refractivity contribution is 5.89. The SMILES string of the molecule is CC(C)C/C=C/[C@@H](C)[C@H]1CC[C@H]2C3=CC[C@H]4C(C)(C)[C@@H](OC(=O)c5ccccc5)CC[C@]4(C)[C@H]3CC[C@]12C. The highest BCUT2D eigenvalue weighted by Gasteiger charge is 2.61. The maximum absolute atomic E-state index is 13.0. The number of carbonyl (C=O) groups excluding carboxylic acids is 1. The molecule has 0 spiro atoms. The van der Waals surface area contributed by atoms with Crippen molar-refractivity contribution in [2.75, 3.05) is 0 Å². The summed E-state index contributed by atoms with van der Waals surface area (Å²) in [7, 11) is 0. The lowest BCUT2D eigenvalue weighted by Crippen LogP contribution is -2.57. The number of benzene rings is 1. The molecule has 3 fully saturated rings. The molecule has 2 heteroatoms. The minimum absolute atomic E-state index is 0.0218. The predicted octanol–water partition coefficient (Wildman–Crippen LogP) is 9.67. The molecular weight excluding hydrogens is 464 g/mol. The summed E-state index contributed by atoms with van der Waals surface area (Å²) in [4.78, 5) is 13.0. The summed E-state index contributed by atoms with van der Waals surface area (Å²) in [5.41, 5.74) is 3.18. The van der Waals surface area contributed by atoms with Crippen molar-refractivity contribution in [2.24, 2.45) is 51.8 Å². The number of ether oxygens (including phenoxy) is 1. The van der Waals surface area contributed by atoms with Crippen molar-refractivity contribution >= 4 is 5.97 Å². The normalized spacial score (nSPS) is 38.7. The molecule has 1 aromatic rings. The van der Waals surface area contributed by atoms with Crippen LogP contribution in [-0.4, -0.2) is 12.1 Å². The Labute approximate surface area is 232 Å². The van der Waals surface area contributed by atoms with Crippen LogP contribution in [0.3, 0.4) is 0 Å². The number of carbonyl (C=O) groups is 1. The third-order valence-corrected chi connectivity index (χ3v) is 12.0. The van der Waals surface area contributed by atoms with Gasteiger partial charge in [0.15, 0.2) is 0 Å². The summed E-state index contributed by atoms with van der Waals surface area (Å²) >= 11 is 0. The van der Waals surface area contributed by atoms with Crippen LogP contribution in [0.4, 0.5) is 0 Å². The first-order valence-electron chi connectivity index (χ1n) is 15.6. The molecule has 0 aliphatic heterocycles. The molecule has 208 valence electrons. The van der Waals surface area contributed by atoms with E-state index >= 15 is 0 Å². The minimum Gasteiger partial charge on any atom is -0.458 e. The fourth-order valence-corrected chi connectivity index (χ4v) is 9.88. The fourth-order valence-electron chi connectivity index (χ4n) is 9.88. The van der Waals surface area contributed by atoms with Gasteiger partial charge in [-0.05, 0) is 110 Å². The quantitative estimate of drug-likeness (QED) is 0.278. The molecule has 4 aliphatic rings. The Morgan fingerprint density at radius 2 is 1.63 bits per heavy atom. The smallest absolute Gasteiger partial charge is 0.338 e. The van der Waals surface area contributed by atoms with Gasteiger partial charge in [0.2, 0.25) is 0 Å². The molecule has 0 heterocycles. The maximum atomic E-state index is 13.0. The summed E-state index contributed by atoms with van der Waals surface area (Å²) in [5.74, 6) is 4.03. The van der Waals surface area contributed by atoms with Crippen LogP contribution in [0, 0.1) is 51.8 Å². The van der Waals surface area contributed by atoms with Gasteiger partial charge in [-0.25, -0.2) is 4.79 Å². The second-order valence-electron chi connectivity index (χ2n) is 14.9. The van der Waals surface area contributed by atoms with Crippen LogP contribution in [0.25, 0.3) is 0 Å². The van der Waals surface area contributed by atoms with Gasteiger partial charge in [0.25, 0.3) is 0 Å². The van der Waals surface area contributed by atoms with Gasteiger partial charge < -0.3 is 4.74 Å². The molecule has 0 radical (unpaired) electrons. The van der Waals surface area contributed by atoms with Crippen molar-refractivity contribution in [3.05, 3.63) is 59.7 Å². The molecule has 0 amide bonds.